The Labute approximate surface area is 99.7 Å². The van der Waals surface area contributed by atoms with Crippen LogP contribution in [-0.2, 0) is 6.54 Å². The molecule has 2 aromatic heterocycles. The number of rotatable bonds is 4. The van der Waals surface area contributed by atoms with Gasteiger partial charge in [-0.1, -0.05) is 0 Å². The summed E-state index contributed by atoms with van der Waals surface area (Å²) in [7, 11) is 3.39. The van der Waals surface area contributed by atoms with E-state index in [1.54, 1.807) is 20.4 Å². The van der Waals surface area contributed by atoms with E-state index in [0.29, 0.717) is 17.3 Å². The number of hydrogen-bond acceptors (Lipinski definition) is 5. The van der Waals surface area contributed by atoms with Crippen molar-refractivity contribution in [2.75, 3.05) is 19.5 Å². The number of nitrogens with zero attached hydrogens (tertiary/aromatic N) is 4. The first-order valence-electron chi connectivity index (χ1n) is 5.40. The quantitative estimate of drug-likeness (QED) is 0.865. The molecule has 17 heavy (non-hydrogen) atoms. The summed E-state index contributed by atoms with van der Waals surface area (Å²) in [5, 5.41) is 2.97. The zero-order valence-electron chi connectivity index (χ0n) is 10.1. The molecule has 90 valence electrons. The predicted octanol–water partition coefficient (Wildman–Crippen LogP) is 1.41. The molecule has 0 unspecified atom stereocenters. The number of imidazole rings is 1. The van der Waals surface area contributed by atoms with Crippen LogP contribution in [0.4, 0.5) is 5.82 Å². The van der Waals surface area contributed by atoms with Crippen molar-refractivity contribution in [3.63, 3.8) is 0 Å². The average molecular weight is 233 g/mol. The second-order valence-corrected chi connectivity index (χ2v) is 3.39. The molecular weight excluding hydrogens is 218 g/mol. The van der Waals surface area contributed by atoms with Crippen LogP contribution in [0.2, 0.25) is 0 Å². The van der Waals surface area contributed by atoms with Crippen LogP contribution < -0.4 is 10.1 Å². The number of ether oxygens (including phenoxy) is 1. The SMILES string of the molecule is CCn1ccnc1-c1ncnc(NC)c1OC. The number of nitrogens with one attached hydrogen (secondary N) is 1. The maximum atomic E-state index is 5.35. The summed E-state index contributed by atoms with van der Waals surface area (Å²) in [6, 6.07) is 0. The van der Waals surface area contributed by atoms with Gasteiger partial charge in [-0.2, -0.15) is 0 Å². The summed E-state index contributed by atoms with van der Waals surface area (Å²) < 4.78 is 7.35. The highest BCUT2D eigenvalue weighted by molar-refractivity contribution is 5.68. The van der Waals surface area contributed by atoms with E-state index < -0.39 is 0 Å². The molecule has 0 aliphatic heterocycles. The fourth-order valence-electron chi connectivity index (χ4n) is 1.69. The van der Waals surface area contributed by atoms with Gasteiger partial charge in [0.15, 0.2) is 23.1 Å². The lowest BCUT2D eigenvalue weighted by Crippen LogP contribution is -2.04. The second-order valence-electron chi connectivity index (χ2n) is 3.39. The van der Waals surface area contributed by atoms with Crippen molar-refractivity contribution in [3.8, 4) is 17.3 Å². The summed E-state index contributed by atoms with van der Waals surface area (Å²) in [6.45, 7) is 2.88. The van der Waals surface area contributed by atoms with Crippen LogP contribution in [0.15, 0.2) is 18.7 Å². The minimum absolute atomic E-state index is 0.607. The minimum atomic E-state index is 0.607. The molecule has 0 fully saturated rings. The standard InChI is InChI=1S/C11H15N5O/c1-4-16-6-5-13-11(16)8-9(17-3)10(12-2)15-7-14-8/h5-7H,4H2,1-3H3,(H,12,14,15). The van der Waals surface area contributed by atoms with E-state index in [1.807, 2.05) is 10.8 Å². The van der Waals surface area contributed by atoms with Crippen LogP contribution in [0.1, 0.15) is 6.92 Å². The largest absolute Gasteiger partial charge is 0.491 e. The van der Waals surface area contributed by atoms with E-state index in [-0.39, 0.29) is 0 Å². The molecule has 6 nitrogen and oxygen atoms in total. The maximum Gasteiger partial charge on any atom is 0.190 e. The molecule has 0 aliphatic rings. The molecule has 2 aromatic rings. The van der Waals surface area contributed by atoms with Crippen molar-refractivity contribution in [2.45, 2.75) is 13.5 Å². The molecule has 0 spiro atoms. The van der Waals surface area contributed by atoms with E-state index in [4.69, 9.17) is 4.74 Å². The van der Waals surface area contributed by atoms with E-state index in [2.05, 4.69) is 27.2 Å². The van der Waals surface area contributed by atoms with E-state index in [1.165, 1.54) is 6.33 Å². The van der Waals surface area contributed by atoms with Crippen molar-refractivity contribution in [3.05, 3.63) is 18.7 Å². The minimum Gasteiger partial charge on any atom is -0.491 e. The molecule has 2 heterocycles. The Morgan fingerprint density at radius 1 is 1.35 bits per heavy atom. The first kappa shape index (κ1) is 11.4. The maximum absolute atomic E-state index is 5.35. The molecule has 6 heteroatoms. The molecule has 0 aromatic carbocycles. The van der Waals surface area contributed by atoms with Gasteiger partial charge in [0.2, 0.25) is 0 Å². The van der Waals surface area contributed by atoms with Gasteiger partial charge in [-0.05, 0) is 6.92 Å². The molecule has 2 rings (SSSR count). The third kappa shape index (κ3) is 1.93. The molecule has 0 saturated heterocycles. The van der Waals surface area contributed by atoms with Crippen LogP contribution in [0, 0.1) is 0 Å². The number of aryl methyl sites for hydroxylation is 1. The van der Waals surface area contributed by atoms with Crippen molar-refractivity contribution >= 4 is 5.82 Å². The average Bonchev–Trinajstić information content (AvgIpc) is 2.85. The van der Waals surface area contributed by atoms with Gasteiger partial charge in [0.25, 0.3) is 0 Å². The Bertz CT molecular complexity index is 508. The highest BCUT2D eigenvalue weighted by atomic mass is 16.5. The lowest BCUT2D eigenvalue weighted by Gasteiger charge is -2.11. The van der Waals surface area contributed by atoms with Gasteiger partial charge >= 0.3 is 0 Å². The highest BCUT2D eigenvalue weighted by Gasteiger charge is 2.16. The van der Waals surface area contributed by atoms with Crippen LogP contribution in [0.5, 0.6) is 5.75 Å². The summed E-state index contributed by atoms with van der Waals surface area (Å²) >= 11 is 0. The zero-order valence-corrected chi connectivity index (χ0v) is 10.1. The highest BCUT2D eigenvalue weighted by Crippen LogP contribution is 2.31. The fraction of sp³-hybridized carbons (Fsp3) is 0.364. The smallest absolute Gasteiger partial charge is 0.190 e. The van der Waals surface area contributed by atoms with E-state index >= 15 is 0 Å². The van der Waals surface area contributed by atoms with Gasteiger partial charge in [0, 0.05) is 26.0 Å². The lowest BCUT2D eigenvalue weighted by atomic mass is 10.3. The van der Waals surface area contributed by atoms with Gasteiger partial charge < -0.3 is 14.6 Å². The van der Waals surface area contributed by atoms with Gasteiger partial charge in [-0.15, -0.1) is 0 Å². The van der Waals surface area contributed by atoms with Crippen molar-refractivity contribution < 1.29 is 4.74 Å². The monoisotopic (exact) mass is 233 g/mol. The summed E-state index contributed by atoms with van der Waals surface area (Å²) in [5.74, 6) is 2.04. The van der Waals surface area contributed by atoms with Gasteiger partial charge in [0.1, 0.15) is 6.33 Å². The summed E-state index contributed by atoms with van der Waals surface area (Å²) in [6.07, 6.45) is 5.16. The molecule has 0 saturated carbocycles. The third-order valence-corrected chi connectivity index (χ3v) is 2.51. The van der Waals surface area contributed by atoms with Crippen LogP contribution in [0.25, 0.3) is 11.5 Å². The van der Waals surface area contributed by atoms with Crippen LogP contribution in [0.3, 0.4) is 0 Å². The predicted molar refractivity (Wildman–Crippen MR) is 65.0 cm³/mol. The normalized spacial score (nSPS) is 10.3. The molecule has 0 radical (unpaired) electrons. The molecule has 0 bridgehead atoms. The topological polar surface area (TPSA) is 64.9 Å². The number of anilines is 1. The Balaban J connectivity index is 2.59. The van der Waals surface area contributed by atoms with E-state index in [0.717, 1.165) is 12.4 Å². The first-order chi connectivity index (χ1) is 8.31. The Morgan fingerprint density at radius 2 is 2.18 bits per heavy atom. The number of hydrogen-bond donors (Lipinski definition) is 1. The zero-order chi connectivity index (χ0) is 12.3. The first-order valence-corrected chi connectivity index (χ1v) is 5.40. The second kappa shape index (κ2) is 4.82. The molecule has 0 aliphatic carbocycles. The summed E-state index contributed by atoms with van der Waals surface area (Å²) in [5.41, 5.74) is 0.693. The summed E-state index contributed by atoms with van der Waals surface area (Å²) in [4.78, 5) is 12.7. The van der Waals surface area contributed by atoms with Gasteiger partial charge in [-0.25, -0.2) is 15.0 Å². The molecule has 0 amide bonds. The van der Waals surface area contributed by atoms with Gasteiger partial charge in [0.05, 0.1) is 7.11 Å². The van der Waals surface area contributed by atoms with Crippen molar-refractivity contribution in [2.24, 2.45) is 0 Å². The molecule has 1 N–H and O–H groups in total. The van der Waals surface area contributed by atoms with Crippen LogP contribution in [-0.4, -0.2) is 33.7 Å². The Kier molecular flexibility index (Phi) is 3.22. The van der Waals surface area contributed by atoms with Crippen molar-refractivity contribution in [1.82, 2.24) is 19.5 Å². The molecular formula is C11H15N5O. The van der Waals surface area contributed by atoms with E-state index in [9.17, 15) is 0 Å². The third-order valence-electron chi connectivity index (χ3n) is 2.51. The Morgan fingerprint density at radius 3 is 2.82 bits per heavy atom. The number of aromatic nitrogens is 4. The molecule has 0 atom stereocenters. The van der Waals surface area contributed by atoms with Crippen LogP contribution >= 0.6 is 0 Å². The van der Waals surface area contributed by atoms with Crippen molar-refractivity contribution in [1.29, 1.82) is 0 Å². The fourth-order valence-corrected chi connectivity index (χ4v) is 1.69. The number of methoxy groups -OCH3 is 1. The lowest BCUT2D eigenvalue weighted by molar-refractivity contribution is 0.414. The van der Waals surface area contributed by atoms with Gasteiger partial charge in [-0.3, -0.25) is 0 Å². The Hall–Kier alpha value is -2.11.